The standard InChI is InChI=1S/C44H27NO2S/c46-43-31-11-1-8-18-39(31)47-40-27-29(23-26-32(40)43)28-21-24-30(25-22-28)45-37-16-6-2-12-33(37)44(34-13-3-7-17-38(34)45)35-14-4-9-19-41(35)48-42-20-10-5-15-36(42)44/h1-27H. The van der Waals surface area contributed by atoms with Gasteiger partial charge in [-0.2, -0.15) is 0 Å². The summed E-state index contributed by atoms with van der Waals surface area (Å²) in [5.74, 6) is 0. The molecule has 10 rings (SSSR count). The Bertz CT molecular complexity index is 2540. The van der Waals surface area contributed by atoms with Crippen molar-refractivity contribution in [2.75, 3.05) is 4.90 Å². The molecule has 0 N–H and O–H groups in total. The zero-order valence-corrected chi connectivity index (χ0v) is 26.6. The second-order valence-electron chi connectivity index (χ2n) is 12.4. The first kappa shape index (κ1) is 27.3. The van der Waals surface area contributed by atoms with Crippen LogP contribution in [0.3, 0.4) is 0 Å². The van der Waals surface area contributed by atoms with Crippen molar-refractivity contribution in [3.05, 3.63) is 196 Å². The third kappa shape index (κ3) is 3.75. The third-order valence-corrected chi connectivity index (χ3v) is 11.1. The van der Waals surface area contributed by atoms with E-state index in [2.05, 4.69) is 126 Å². The van der Waals surface area contributed by atoms with Crippen molar-refractivity contribution in [3.8, 4) is 11.1 Å². The van der Waals surface area contributed by atoms with Crippen molar-refractivity contribution >= 4 is 50.8 Å². The van der Waals surface area contributed by atoms with Crippen LogP contribution in [0.4, 0.5) is 17.1 Å². The quantitative estimate of drug-likeness (QED) is 0.177. The maximum absolute atomic E-state index is 13.1. The number of benzene rings is 7. The topological polar surface area (TPSA) is 33.5 Å². The molecule has 0 unspecified atom stereocenters. The summed E-state index contributed by atoms with van der Waals surface area (Å²) in [6, 6.07) is 57.5. The first-order valence-corrected chi connectivity index (χ1v) is 17.0. The van der Waals surface area contributed by atoms with E-state index in [0.717, 1.165) is 16.8 Å². The van der Waals surface area contributed by atoms with Crippen molar-refractivity contribution in [3.63, 3.8) is 0 Å². The van der Waals surface area contributed by atoms with Gasteiger partial charge in [0.2, 0.25) is 5.43 Å². The summed E-state index contributed by atoms with van der Waals surface area (Å²) in [7, 11) is 0. The van der Waals surface area contributed by atoms with E-state index in [9.17, 15) is 4.79 Å². The molecule has 1 aromatic heterocycles. The predicted octanol–water partition coefficient (Wildman–Crippen LogP) is 11.2. The normalized spacial score (nSPS) is 14.0. The summed E-state index contributed by atoms with van der Waals surface area (Å²) in [4.78, 5) is 18.1. The summed E-state index contributed by atoms with van der Waals surface area (Å²) >= 11 is 1.86. The number of anilines is 3. The van der Waals surface area contributed by atoms with Gasteiger partial charge in [0.25, 0.3) is 0 Å². The molecular weight excluding hydrogens is 607 g/mol. The Morgan fingerprint density at radius 1 is 0.479 bits per heavy atom. The van der Waals surface area contributed by atoms with E-state index < -0.39 is 5.41 Å². The van der Waals surface area contributed by atoms with Crippen LogP contribution in [0, 0.1) is 0 Å². The Morgan fingerprint density at radius 2 is 1.00 bits per heavy atom. The summed E-state index contributed by atoms with van der Waals surface area (Å²) in [5, 5.41) is 1.19. The van der Waals surface area contributed by atoms with E-state index in [1.54, 1.807) is 0 Å². The van der Waals surface area contributed by atoms with Gasteiger partial charge in [-0.15, -0.1) is 0 Å². The lowest BCUT2D eigenvalue weighted by Gasteiger charge is -2.49. The van der Waals surface area contributed by atoms with Gasteiger partial charge in [0.1, 0.15) is 11.2 Å². The van der Waals surface area contributed by atoms with Crippen molar-refractivity contribution < 1.29 is 4.42 Å². The molecular formula is C44H27NO2S. The first-order chi connectivity index (χ1) is 23.7. The smallest absolute Gasteiger partial charge is 0.200 e. The first-order valence-electron chi connectivity index (χ1n) is 16.1. The van der Waals surface area contributed by atoms with Gasteiger partial charge < -0.3 is 9.32 Å². The Morgan fingerprint density at radius 3 is 1.67 bits per heavy atom. The SMILES string of the molecule is O=c1c2ccccc2oc2cc(-c3ccc(N4c5ccccc5C5(c6ccccc6Sc6ccccc65)c5ccccc54)cc3)ccc12. The van der Waals surface area contributed by atoms with Gasteiger partial charge >= 0.3 is 0 Å². The number of rotatable bonds is 2. The Hall–Kier alpha value is -5.84. The Labute approximate surface area is 281 Å². The molecule has 3 nitrogen and oxygen atoms in total. The lowest BCUT2D eigenvalue weighted by atomic mass is 9.62. The number of hydrogen-bond acceptors (Lipinski definition) is 4. The van der Waals surface area contributed by atoms with E-state index >= 15 is 0 Å². The molecule has 0 radical (unpaired) electrons. The second kappa shape index (κ2) is 10.3. The molecule has 4 heteroatoms. The zero-order chi connectivity index (χ0) is 31.8. The molecule has 2 aliphatic rings. The van der Waals surface area contributed by atoms with Gasteiger partial charge in [-0.1, -0.05) is 115 Å². The van der Waals surface area contributed by atoms with E-state index in [1.807, 2.05) is 54.2 Å². The van der Waals surface area contributed by atoms with Crippen LogP contribution in [0.15, 0.2) is 183 Å². The Balaban J connectivity index is 1.14. The molecule has 226 valence electrons. The summed E-state index contributed by atoms with van der Waals surface area (Å²) < 4.78 is 6.18. The van der Waals surface area contributed by atoms with Gasteiger partial charge in [-0.05, 0) is 94.0 Å². The molecule has 0 aliphatic carbocycles. The van der Waals surface area contributed by atoms with Gasteiger partial charge in [-0.25, -0.2) is 0 Å². The fourth-order valence-corrected chi connectivity index (χ4v) is 9.08. The monoisotopic (exact) mass is 633 g/mol. The highest BCUT2D eigenvalue weighted by atomic mass is 32.2. The minimum Gasteiger partial charge on any atom is -0.456 e. The van der Waals surface area contributed by atoms with Crippen molar-refractivity contribution in [1.29, 1.82) is 0 Å². The molecule has 0 atom stereocenters. The van der Waals surface area contributed by atoms with Crippen LogP contribution < -0.4 is 10.3 Å². The average Bonchev–Trinajstić information content (AvgIpc) is 3.15. The summed E-state index contributed by atoms with van der Waals surface area (Å²) in [6.07, 6.45) is 0. The molecule has 0 bridgehead atoms. The number of fused-ring (bicyclic) bond motifs is 10. The zero-order valence-electron chi connectivity index (χ0n) is 25.8. The van der Waals surface area contributed by atoms with Gasteiger partial charge in [-0.3, -0.25) is 4.79 Å². The molecule has 0 saturated heterocycles. The summed E-state index contributed by atoms with van der Waals surface area (Å²) in [6.45, 7) is 0. The van der Waals surface area contributed by atoms with Crippen LogP contribution in [0.2, 0.25) is 0 Å². The highest BCUT2D eigenvalue weighted by Crippen LogP contribution is 2.62. The molecule has 48 heavy (non-hydrogen) atoms. The van der Waals surface area contributed by atoms with E-state index in [-0.39, 0.29) is 5.43 Å². The second-order valence-corrected chi connectivity index (χ2v) is 13.5. The Kier molecular flexibility index (Phi) is 5.87. The van der Waals surface area contributed by atoms with E-state index in [0.29, 0.717) is 21.9 Å². The largest absolute Gasteiger partial charge is 0.456 e. The fraction of sp³-hybridized carbons (Fsp3) is 0.0227. The molecule has 7 aromatic carbocycles. The minimum atomic E-state index is -0.457. The average molecular weight is 634 g/mol. The third-order valence-electron chi connectivity index (χ3n) is 9.94. The van der Waals surface area contributed by atoms with Crippen LogP contribution >= 0.6 is 11.8 Å². The van der Waals surface area contributed by atoms with Crippen LogP contribution in [0.5, 0.6) is 0 Å². The van der Waals surface area contributed by atoms with E-state index in [1.165, 1.54) is 43.4 Å². The lowest BCUT2D eigenvalue weighted by molar-refractivity contribution is 0.660. The van der Waals surface area contributed by atoms with Crippen LogP contribution in [0.25, 0.3) is 33.1 Å². The molecule has 2 aliphatic heterocycles. The molecule has 8 aromatic rings. The number of nitrogens with zero attached hydrogens (tertiary/aromatic N) is 1. The van der Waals surface area contributed by atoms with Gasteiger partial charge in [0.15, 0.2) is 0 Å². The molecule has 0 amide bonds. The highest BCUT2D eigenvalue weighted by molar-refractivity contribution is 7.99. The van der Waals surface area contributed by atoms with Crippen LogP contribution in [-0.2, 0) is 5.41 Å². The van der Waals surface area contributed by atoms with Crippen molar-refractivity contribution in [2.24, 2.45) is 0 Å². The molecule has 0 saturated carbocycles. The number of para-hydroxylation sites is 3. The number of hydrogen-bond donors (Lipinski definition) is 0. The van der Waals surface area contributed by atoms with Crippen LogP contribution in [0.1, 0.15) is 22.3 Å². The molecule has 0 fully saturated rings. The predicted molar refractivity (Wildman–Crippen MR) is 196 cm³/mol. The molecule has 1 spiro atoms. The van der Waals surface area contributed by atoms with Gasteiger partial charge in [0, 0.05) is 15.5 Å². The highest BCUT2D eigenvalue weighted by Gasteiger charge is 2.50. The molecule has 3 heterocycles. The fourth-order valence-electron chi connectivity index (χ4n) is 7.88. The minimum absolute atomic E-state index is 0.00393. The van der Waals surface area contributed by atoms with E-state index in [4.69, 9.17) is 4.42 Å². The maximum atomic E-state index is 13.1. The van der Waals surface area contributed by atoms with Crippen LogP contribution in [-0.4, -0.2) is 0 Å². The lowest BCUT2D eigenvalue weighted by Crippen LogP contribution is -2.39. The van der Waals surface area contributed by atoms with Gasteiger partial charge in [0.05, 0.1) is 27.6 Å². The van der Waals surface area contributed by atoms with Crippen molar-refractivity contribution in [1.82, 2.24) is 0 Å². The summed E-state index contributed by atoms with van der Waals surface area (Å²) in [5.41, 5.74) is 11.4. The van der Waals surface area contributed by atoms with Crippen molar-refractivity contribution in [2.45, 2.75) is 15.2 Å². The maximum Gasteiger partial charge on any atom is 0.200 e.